The van der Waals surface area contributed by atoms with Crippen LogP contribution in [0.2, 0.25) is 0 Å². The third kappa shape index (κ3) is 4.29. The van der Waals surface area contributed by atoms with Gasteiger partial charge in [0.15, 0.2) is 5.96 Å². The molecule has 0 radical (unpaired) electrons. The number of aliphatic imine (C=N–C) groups is 1. The van der Waals surface area contributed by atoms with Crippen molar-refractivity contribution < 1.29 is 0 Å². The van der Waals surface area contributed by atoms with Crippen LogP contribution < -0.4 is 11.1 Å². The molecule has 1 heterocycles. The van der Waals surface area contributed by atoms with Crippen molar-refractivity contribution in [3.05, 3.63) is 16.1 Å². The summed E-state index contributed by atoms with van der Waals surface area (Å²) in [6.45, 7) is 2.74. The minimum absolute atomic E-state index is 0.531. The molecule has 5 heteroatoms. The van der Waals surface area contributed by atoms with Crippen LogP contribution in [-0.2, 0) is 6.42 Å². The summed E-state index contributed by atoms with van der Waals surface area (Å²) in [5.74, 6) is 0.592. The second-order valence-corrected chi connectivity index (χ2v) is 5.92. The Hall–Kier alpha value is -1.10. The van der Waals surface area contributed by atoms with Crippen molar-refractivity contribution in [2.45, 2.75) is 51.5 Å². The molecule has 3 N–H and O–H groups in total. The second kappa shape index (κ2) is 6.73. The fourth-order valence-corrected chi connectivity index (χ4v) is 2.96. The number of guanidine groups is 1. The van der Waals surface area contributed by atoms with Gasteiger partial charge in [-0.25, -0.2) is 4.98 Å². The Morgan fingerprint density at radius 3 is 2.94 bits per heavy atom. The maximum Gasteiger partial charge on any atom is 0.188 e. The summed E-state index contributed by atoms with van der Waals surface area (Å²) in [5.41, 5.74) is 7.01. The first-order valence-corrected chi connectivity index (χ1v) is 7.59. The van der Waals surface area contributed by atoms with Gasteiger partial charge in [0, 0.05) is 24.4 Å². The Kier molecular flexibility index (Phi) is 4.99. The monoisotopic (exact) mass is 266 g/mol. The third-order valence-corrected chi connectivity index (χ3v) is 4.10. The van der Waals surface area contributed by atoms with Gasteiger partial charge in [-0.15, -0.1) is 11.3 Å². The van der Waals surface area contributed by atoms with Gasteiger partial charge in [-0.1, -0.05) is 19.3 Å². The molecule has 0 amide bonds. The highest BCUT2D eigenvalue weighted by Gasteiger charge is 2.13. The Morgan fingerprint density at radius 2 is 2.28 bits per heavy atom. The maximum atomic E-state index is 5.89. The first kappa shape index (κ1) is 13.3. The summed E-state index contributed by atoms with van der Waals surface area (Å²) in [4.78, 5) is 8.78. The van der Waals surface area contributed by atoms with Crippen LogP contribution in [-0.4, -0.2) is 23.5 Å². The second-order valence-electron chi connectivity index (χ2n) is 4.85. The van der Waals surface area contributed by atoms with E-state index >= 15 is 0 Å². The number of nitrogens with zero attached hydrogens (tertiary/aromatic N) is 2. The number of hydrogen-bond acceptors (Lipinski definition) is 3. The van der Waals surface area contributed by atoms with Crippen LogP contribution in [0, 0.1) is 6.92 Å². The van der Waals surface area contributed by atoms with Gasteiger partial charge in [-0.05, 0) is 19.8 Å². The highest BCUT2D eigenvalue weighted by Crippen LogP contribution is 2.17. The van der Waals surface area contributed by atoms with Crippen molar-refractivity contribution in [1.82, 2.24) is 10.3 Å². The van der Waals surface area contributed by atoms with E-state index in [1.807, 2.05) is 6.92 Å². The molecular weight excluding hydrogens is 244 g/mol. The molecule has 0 unspecified atom stereocenters. The number of aromatic nitrogens is 1. The molecule has 1 aliphatic rings. The van der Waals surface area contributed by atoms with Crippen molar-refractivity contribution >= 4 is 17.3 Å². The quantitative estimate of drug-likeness (QED) is 0.649. The van der Waals surface area contributed by atoms with E-state index in [1.54, 1.807) is 11.3 Å². The molecule has 0 saturated heterocycles. The van der Waals surface area contributed by atoms with Crippen LogP contribution in [0.15, 0.2) is 10.4 Å². The van der Waals surface area contributed by atoms with E-state index in [9.17, 15) is 0 Å². The zero-order valence-corrected chi connectivity index (χ0v) is 11.8. The van der Waals surface area contributed by atoms with E-state index in [1.165, 1.54) is 32.1 Å². The van der Waals surface area contributed by atoms with Crippen molar-refractivity contribution in [2.75, 3.05) is 6.54 Å². The van der Waals surface area contributed by atoms with Crippen LogP contribution >= 0.6 is 11.3 Å². The summed E-state index contributed by atoms with van der Waals surface area (Å²) >= 11 is 1.69. The van der Waals surface area contributed by atoms with E-state index in [0.29, 0.717) is 18.5 Å². The fraction of sp³-hybridized carbons (Fsp3) is 0.692. The molecule has 18 heavy (non-hydrogen) atoms. The molecule has 0 atom stereocenters. The number of nitrogens with two attached hydrogens (primary N) is 1. The molecule has 4 nitrogen and oxygen atoms in total. The van der Waals surface area contributed by atoms with Gasteiger partial charge in [0.05, 0.1) is 10.7 Å². The van der Waals surface area contributed by atoms with Crippen molar-refractivity contribution in [2.24, 2.45) is 10.7 Å². The first-order chi connectivity index (χ1) is 8.74. The highest BCUT2D eigenvalue weighted by molar-refractivity contribution is 7.09. The van der Waals surface area contributed by atoms with Crippen LogP contribution in [0.1, 0.15) is 42.8 Å². The Morgan fingerprint density at radius 1 is 1.50 bits per heavy atom. The minimum atomic E-state index is 0.531. The zero-order valence-electron chi connectivity index (χ0n) is 11.0. The first-order valence-electron chi connectivity index (χ1n) is 6.71. The molecule has 1 saturated carbocycles. The Balaban J connectivity index is 1.71. The molecule has 100 valence electrons. The van der Waals surface area contributed by atoms with E-state index in [4.69, 9.17) is 5.73 Å². The lowest BCUT2D eigenvalue weighted by Crippen LogP contribution is -2.41. The third-order valence-electron chi connectivity index (χ3n) is 3.27. The van der Waals surface area contributed by atoms with E-state index in [0.717, 1.165) is 17.1 Å². The number of rotatable bonds is 4. The largest absolute Gasteiger partial charge is 0.370 e. The van der Waals surface area contributed by atoms with Crippen molar-refractivity contribution in [1.29, 1.82) is 0 Å². The van der Waals surface area contributed by atoms with Gasteiger partial charge >= 0.3 is 0 Å². The van der Waals surface area contributed by atoms with Gasteiger partial charge in [0.2, 0.25) is 0 Å². The van der Waals surface area contributed by atoms with Crippen LogP contribution in [0.25, 0.3) is 0 Å². The fourth-order valence-electron chi connectivity index (χ4n) is 2.32. The summed E-state index contributed by atoms with van der Waals surface area (Å²) in [6, 6.07) is 0.531. The topological polar surface area (TPSA) is 63.3 Å². The van der Waals surface area contributed by atoms with Gasteiger partial charge in [0.25, 0.3) is 0 Å². The predicted molar refractivity (Wildman–Crippen MR) is 77.1 cm³/mol. The lowest BCUT2D eigenvalue weighted by Gasteiger charge is -2.23. The zero-order chi connectivity index (χ0) is 12.8. The molecule has 0 aromatic carbocycles. The van der Waals surface area contributed by atoms with Crippen LogP contribution in [0.3, 0.4) is 0 Å². The van der Waals surface area contributed by atoms with Gasteiger partial charge in [0.1, 0.15) is 0 Å². The van der Waals surface area contributed by atoms with Gasteiger partial charge < -0.3 is 11.1 Å². The van der Waals surface area contributed by atoms with E-state index in [-0.39, 0.29) is 0 Å². The van der Waals surface area contributed by atoms with Crippen LogP contribution in [0.4, 0.5) is 0 Å². The molecule has 0 spiro atoms. The lowest BCUT2D eigenvalue weighted by atomic mass is 9.96. The Bertz CT molecular complexity index is 393. The average molecular weight is 266 g/mol. The maximum absolute atomic E-state index is 5.89. The van der Waals surface area contributed by atoms with E-state index < -0.39 is 0 Å². The molecule has 1 aliphatic carbocycles. The molecule has 1 fully saturated rings. The lowest BCUT2D eigenvalue weighted by molar-refractivity contribution is 0.412. The molecular formula is C13H22N4S. The van der Waals surface area contributed by atoms with Crippen molar-refractivity contribution in [3.8, 4) is 0 Å². The molecule has 0 bridgehead atoms. The standard InChI is InChI=1S/C13H22N4S/c1-10-16-12(9-18-10)7-8-15-13(14)17-11-5-3-2-4-6-11/h9,11H,2-8H2,1H3,(H3,14,15,17). The number of nitrogens with one attached hydrogen (secondary N) is 1. The average Bonchev–Trinajstić information content (AvgIpc) is 2.76. The van der Waals surface area contributed by atoms with Gasteiger partial charge in [-0.2, -0.15) is 0 Å². The number of hydrogen-bond donors (Lipinski definition) is 2. The molecule has 1 aromatic rings. The van der Waals surface area contributed by atoms with Crippen molar-refractivity contribution in [3.63, 3.8) is 0 Å². The predicted octanol–water partition coefficient (Wildman–Crippen LogP) is 2.23. The number of aryl methyl sites for hydroxylation is 1. The van der Waals surface area contributed by atoms with Crippen LogP contribution in [0.5, 0.6) is 0 Å². The normalized spacial score (nSPS) is 17.9. The summed E-state index contributed by atoms with van der Waals surface area (Å²) in [5, 5.41) is 6.53. The minimum Gasteiger partial charge on any atom is -0.370 e. The number of thiazole rings is 1. The molecule has 0 aliphatic heterocycles. The summed E-state index contributed by atoms with van der Waals surface area (Å²) in [6.07, 6.45) is 7.30. The van der Waals surface area contributed by atoms with E-state index in [2.05, 4.69) is 20.7 Å². The molecule has 2 rings (SSSR count). The van der Waals surface area contributed by atoms with Gasteiger partial charge in [-0.3, -0.25) is 4.99 Å². The summed E-state index contributed by atoms with van der Waals surface area (Å²) in [7, 11) is 0. The highest BCUT2D eigenvalue weighted by atomic mass is 32.1. The smallest absolute Gasteiger partial charge is 0.188 e. The Labute approximate surface area is 113 Å². The molecule has 1 aromatic heterocycles. The SMILES string of the molecule is Cc1nc(CCN=C(N)NC2CCCCC2)cs1. The summed E-state index contributed by atoms with van der Waals surface area (Å²) < 4.78 is 0.